The molecule has 84 valence electrons. The van der Waals surface area contributed by atoms with Crippen molar-refractivity contribution in [2.24, 2.45) is 5.92 Å². The molecule has 1 atom stereocenters. The van der Waals surface area contributed by atoms with Crippen LogP contribution in [0.5, 0.6) is 0 Å². The van der Waals surface area contributed by atoms with Gasteiger partial charge in [0.25, 0.3) is 0 Å². The van der Waals surface area contributed by atoms with E-state index in [9.17, 15) is 0 Å². The largest absolute Gasteiger partial charge is 0.293 e. The van der Waals surface area contributed by atoms with Gasteiger partial charge in [-0.25, -0.2) is 0 Å². The van der Waals surface area contributed by atoms with E-state index in [2.05, 4.69) is 49.1 Å². The second-order valence-corrected chi connectivity index (χ2v) is 5.21. The Morgan fingerprint density at radius 1 is 1.38 bits per heavy atom. The summed E-state index contributed by atoms with van der Waals surface area (Å²) < 4.78 is 0. The predicted octanol–water partition coefficient (Wildman–Crippen LogP) is 2.81. The molecule has 0 spiro atoms. The molecule has 1 aromatic rings. The number of nitrogens with zero attached hydrogens (tertiary/aromatic N) is 2. The average molecular weight is 214 g/mol. The molecule has 0 N–H and O–H groups in total. The van der Waals surface area contributed by atoms with E-state index in [-0.39, 0.29) is 11.5 Å². The van der Waals surface area contributed by atoms with E-state index in [1.807, 2.05) is 6.07 Å². The summed E-state index contributed by atoms with van der Waals surface area (Å²) in [5.41, 5.74) is 1.48. The summed E-state index contributed by atoms with van der Waals surface area (Å²) in [4.78, 5) is 2.41. The third-order valence-corrected chi connectivity index (χ3v) is 3.44. The van der Waals surface area contributed by atoms with Crippen molar-refractivity contribution >= 4 is 0 Å². The first-order valence-corrected chi connectivity index (χ1v) is 5.80. The molecule has 2 heteroatoms. The summed E-state index contributed by atoms with van der Waals surface area (Å²) >= 11 is 0. The normalized spacial score (nSPS) is 24.2. The highest BCUT2D eigenvalue weighted by Gasteiger charge is 2.37. The number of rotatable bonds is 2. The molecule has 1 unspecified atom stereocenters. The van der Waals surface area contributed by atoms with Gasteiger partial charge < -0.3 is 0 Å². The maximum absolute atomic E-state index is 9.01. The van der Waals surface area contributed by atoms with Crippen LogP contribution in [0.25, 0.3) is 0 Å². The topological polar surface area (TPSA) is 27.0 Å². The van der Waals surface area contributed by atoms with Crippen molar-refractivity contribution in [2.45, 2.75) is 32.4 Å². The smallest absolute Gasteiger partial charge is 0.0670 e. The Kier molecular flexibility index (Phi) is 2.98. The summed E-state index contributed by atoms with van der Waals surface area (Å²) in [6.45, 7) is 6.31. The number of hydrogen-bond acceptors (Lipinski definition) is 2. The molecule has 2 rings (SSSR count). The van der Waals surface area contributed by atoms with Gasteiger partial charge in [0.15, 0.2) is 0 Å². The highest BCUT2D eigenvalue weighted by atomic mass is 15.2. The van der Waals surface area contributed by atoms with E-state index in [1.54, 1.807) is 0 Å². The molecule has 0 bridgehead atoms. The van der Waals surface area contributed by atoms with Gasteiger partial charge in [0.2, 0.25) is 0 Å². The lowest BCUT2D eigenvalue weighted by Crippen LogP contribution is -2.37. The van der Waals surface area contributed by atoms with Crippen LogP contribution < -0.4 is 0 Å². The zero-order chi connectivity index (χ0) is 11.6. The van der Waals surface area contributed by atoms with Crippen molar-refractivity contribution in [3.8, 4) is 6.07 Å². The van der Waals surface area contributed by atoms with Crippen LogP contribution in [-0.2, 0) is 6.54 Å². The summed E-state index contributed by atoms with van der Waals surface area (Å²) in [7, 11) is 0. The Morgan fingerprint density at radius 3 is 2.62 bits per heavy atom. The van der Waals surface area contributed by atoms with E-state index in [1.165, 1.54) is 5.56 Å². The Labute approximate surface area is 97.5 Å². The van der Waals surface area contributed by atoms with E-state index in [0.29, 0.717) is 0 Å². The Bertz CT molecular complexity index is 389. The monoisotopic (exact) mass is 214 g/mol. The molecule has 0 saturated carbocycles. The fraction of sp³-hybridized carbons (Fsp3) is 0.500. The van der Waals surface area contributed by atoms with Gasteiger partial charge in [-0.2, -0.15) is 5.26 Å². The van der Waals surface area contributed by atoms with Crippen molar-refractivity contribution in [3.05, 3.63) is 35.9 Å². The molecule has 1 aromatic carbocycles. The second-order valence-electron chi connectivity index (χ2n) is 5.21. The van der Waals surface area contributed by atoms with E-state index in [0.717, 1.165) is 19.5 Å². The first-order chi connectivity index (χ1) is 7.62. The molecule has 1 fully saturated rings. The second kappa shape index (κ2) is 4.27. The predicted molar refractivity (Wildman–Crippen MR) is 64.7 cm³/mol. The molecular weight excluding hydrogens is 196 g/mol. The number of benzene rings is 1. The van der Waals surface area contributed by atoms with Gasteiger partial charge >= 0.3 is 0 Å². The van der Waals surface area contributed by atoms with E-state index >= 15 is 0 Å². The standard InChI is InChI=1S/C14H18N2/c1-14(2)8-13(9-15)11-16(14)10-12-6-4-3-5-7-12/h3-7,13H,8,10-11H2,1-2H3. The molecule has 1 aliphatic rings. The van der Waals surface area contributed by atoms with Crippen LogP contribution in [0.1, 0.15) is 25.8 Å². The third kappa shape index (κ3) is 2.25. The zero-order valence-corrected chi connectivity index (χ0v) is 9.98. The number of hydrogen-bond donors (Lipinski definition) is 0. The van der Waals surface area contributed by atoms with Gasteiger partial charge in [-0.05, 0) is 25.8 Å². The first-order valence-electron chi connectivity index (χ1n) is 5.80. The van der Waals surface area contributed by atoms with Gasteiger partial charge in [-0.1, -0.05) is 30.3 Å². The molecule has 0 aliphatic carbocycles. The molecule has 1 saturated heterocycles. The minimum Gasteiger partial charge on any atom is -0.293 e. The van der Waals surface area contributed by atoms with Crippen molar-refractivity contribution in [1.29, 1.82) is 5.26 Å². The molecule has 0 radical (unpaired) electrons. The number of likely N-dealkylation sites (tertiary alicyclic amines) is 1. The Hall–Kier alpha value is -1.33. The lowest BCUT2D eigenvalue weighted by Gasteiger charge is -2.31. The van der Waals surface area contributed by atoms with Crippen LogP contribution in [0.15, 0.2) is 30.3 Å². The minimum atomic E-state index is 0.149. The number of nitriles is 1. The van der Waals surface area contributed by atoms with E-state index in [4.69, 9.17) is 5.26 Å². The molecule has 0 aromatic heterocycles. The van der Waals surface area contributed by atoms with Gasteiger partial charge in [0.05, 0.1) is 12.0 Å². The molecule has 1 heterocycles. The van der Waals surface area contributed by atoms with Crippen LogP contribution >= 0.6 is 0 Å². The Morgan fingerprint density at radius 2 is 2.06 bits per heavy atom. The maximum atomic E-state index is 9.01. The summed E-state index contributed by atoms with van der Waals surface area (Å²) in [6.07, 6.45) is 0.982. The van der Waals surface area contributed by atoms with Gasteiger partial charge in [-0.15, -0.1) is 0 Å². The first kappa shape index (κ1) is 11.2. The van der Waals surface area contributed by atoms with Gasteiger partial charge in [0.1, 0.15) is 0 Å². The molecule has 1 aliphatic heterocycles. The van der Waals surface area contributed by atoms with Gasteiger partial charge in [0, 0.05) is 18.6 Å². The SMILES string of the molecule is CC1(C)CC(C#N)CN1Cc1ccccc1. The molecule has 2 nitrogen and oxygen atoms in total. The van der Waals surface area contributed by atoms with Crippen LogP contribution in [0.2, 0.25) is 0 Å². The highest BCUT2D eigenvalue weighted by molar-refractivity contribution is 5.16. The van der Waals surface area contributed by atoms with Crippen LogP contribution in [0, 0.1) is 17.2 Å². The van der Waals surface area contributed by atoms with Crippen LogP contribution in [0.4, 0.5) is 0 Å². The third-order valence-electron chi connectivity index (χ3n) is 3.44. The highest BCUT2D eigenvalue weighted by Crippen LogP contribution is 2.33. The van der Waals surface area contributed by atoms with Crippen LogP contribution in [-0.4, -0.2) is 17.0 Å². The Balaban J connectivity index is 2.09. The fourth-order valence-corrected chi connectivity index (χ4v) is 2.48. The summed E-state index contributed by atoms with van der Waals surface area (Å²) in [6, 6.07) is 12.9. The fourth-order valence-electron chi connectivity index (χ4n) is 2.48. The van der Waals surface area contributed by atoms with Crippen molar-refractivity contribution in [2.75, 3.05) is 6.54 Å². The minimum absolute atomic E-state index is 0.149. The average Bonchev–Trinajstić information content (AvgIpc) is 2.55. The van der Waals surface area contributed by atoms with Crippen LogP contribution in [0.3, 0.4) is 0 Å². The quantitative estimate of drug-likeness (QED) is 0.757. The van der Waals surface area contributed by atoms with Crippen molar-refractivity contribution in [1.82, 2.24) is 4.90 Å². The molecular formula is C14H18N2. The molecule has 0 amide bonds. The van der Waals surface area contributed by atoms with E-state index < -0.39 is 0 Å². The van der Waals surface area contributed by atoms with Gasteiger partial charge in [-0.3, -0.25) is 4.90 Å². The van der Waals surface area contributed by atoms with Crippen molar-refractivity contribution < 1.29 is 0 Å². The zero-order valence-electron chi connectivity index (χ0n) is 9.98. The lowest BCUT2D eigenvalue weighted by molar-refractivity contribution is 0.166. The summed E-state index contributed by atoms with van der Waals surface area (Å²) in [5.74, 6) is 0.193. The summed E-state index contributed by atoms with van der Waals surface area (Å²) in [5, 5.41) is 9.01. The lowest BCUT2D eigenvalue weighted by atomic mass is 9.97. The maximum Gasteiger partial charge on any atom is 0.0670 e. The molecule has 16 heavy (non-hydrogen) atoms. The van der Waals surface area contributed by atoms with Crippen molar-refractivity contribution in [3.63, 3.8) is 0 Å².